The van der Waals surface area contributed by atoms with Crippen LogP contribution in [0.1, 0.15) is 38.1 Å². The zero-order valence-electron chi connectivity index (χ0n) is 8.41. The highest BCUT2D eigenvalue weighted by atomic mass is 15.0. The summed E-state index contributed by atoms with van der Waals surface area (Å²) in [5.41, 5.74) is 2.10. The fourth-order valence-electron chi connectivity index (χ4n) is 1.39. The lowest BCUT2D eigenvalue weighted by atomic mass is 10.2. The molecule has 0 radical (unpaired) electrons. The molecule has 2 nitrogen and oxygen atoms in total. The number of hydrogen-bond donors (Lipinski definition) is 1. The Morgan fingerprint density at radius 2 is 2.15 bits per heavy atom. The highest BCUT2D eigenvalue weighted by molar-refractivity contribution is 5.82. The smallest absolute Gasteiger partial charge is 0.0494 e. The van der Waals surface area contributed by atoms with Crippen molar-refractivity contribution in [2.45, 2.75) is 26.8 Å². The number of nitrogens with zero attached hydrogens (tertiary/aromatic N) is 1. The van der Waals surface area contributed by atoms with Crippen LogP contribution < -0.4 is 0 Å². The number of aromatic nitrogens is 1. The van der Waals surface area contributed by atoms with Gasteiger partial charge in [-0.1, -0.05) is 6.08 Å². The van der Waals surface area contributed by atoms with E-state index in [1.54, 1.807) is 0 Å². The molecule has 0 aliphatic heterocycles. The topological polar surface area (TPSA) is 28.8 Å². The molecule has 1 aromatic heterocycles. The Morgan fingerprint density at radius 3 is 2.62 bits per heavy atom. The summed E-state index contributed by atoms with van der Waals surface area (Å²) in [5, 5.41) is 7.25. The molecule has 0 amide bonds. The second-order valence-corrected chi connectivity index (χ2v) is 3.30. The van der Waals surface area contributed by atoms with E-state index in [2.05, 4.69) is 18.4 Å². The summed E-state index contributed by atoms with van der Waals surface area (Å²) in [6, 6.07) is 2.42. The predicted molar refractivity (Wildman–Crippen MR) is 57.4 cm³/mol. The zero-order valence-corrected chi connectivity index (χ0v) is 8.41. The lowest BCUT2D eigenvalue weighted by Crippen LogP contribution is -2.01. The van der Waals surface area contributed by atoms with Gasteiger partial charge in [0, 0.05) is 29.7 Å². The summed E-state index contributed by atoms with van der Waals surface area (Å²) in [5.74, 6) is 0. The molecule has 0 saturated heterocycles. The molecule has 0 bridgehead atoms. The molecule has 1 heterocycles. The van der Waals surface area contributed by atoms with E-state index in [-0.39, 0.29) is 0 Å². The Bertz CT molecular complexity index is 319. The molecular formula is C11H16N2. The molecule has 0 fully saturated rings. The third-order valence-corrected chi connectivity index (χ3v) is 2.03. The van der Waals surface area contributed by atoms with Crippen molar-refractivity contribution in [2.75, 3.05) is 0 Å². The minimum absolute atomic E-state index is 0.444. The van der Waals surface area contributed by atoms with E-state index in [9.17, 15) is 0 Å². The molecule has 0 saturated carbocycles. The second kappa shape index (κ2) is 4.08. The van der Waals surface area contributed by atoms with Crippen LogP contribution in [-0.2, 0) is 0 Å². The summed E-state index contributed by atoms with van der Waals surface area (Å²) in [4.78, 5) is 0. The average Bonchev–Trinajstić information content (AvgIpc) is 2.48. The van der Waals surface area contributed by atoms with Gasteiger partial charge in [-0.25, -0.2) is 0 Å². The molecule has 0 atom stereocenters. The Kier molecular flexibility index (Phi) is 3.07. The molecule has 1 rings (SSSR count). The Balaban J connectivity index is 3.21. The maximum absolute atomic E-state index is 7.25. The second-order valence-electron chi connectivity index (χ2n) is 3.30. The van der Waals surface area contributed by atoms with E-state index in [0.29, 0.717) is 6.04 Å². The molecule has 13 heavy (non-hydrogen) atoms. The van der Waals surface area contributed by atoms with Gasteiger partial charge >= 0.3 is 0 Å². The van der Waals surface area contributed by atoms with Crippen molar-refractivity contribution in [1.82, 2.24) is 4.57 Å². The molecular weight excluding hydrogens is 160 g/mol. The molecule has 1 aromatic rings. The minimum atomic E-state index is 0.444. The van der Waals surface area contributed by atoms with Gasteiger partial charge in [-0.05, 0) is 32.9 Å². The van der Waals surface area contributed by atoms with Gasteiger partial charge in [0.25, 0.3) is 0 Å². The largest absolute Gasteiger partial charge is 0.345 e. The third kappa shape index (κ3) is 1.89. The first-order valence-electron chi connectivity index (χ1n) is 4.54. The Labute approximate surface area is 79.4 Å². The first-order valence-corrected chi connectivity index (χ1v) is 4.54. The highest BCUT2D eigenvalue weighted by Gasteiger charge is 2.05. The van der Waals surface area contributed by atoms with Gasteiger partial charge in [0.15, 0.2) is 0 Å². The Morgan fingerprint density at radius 1 is 1.46 bits per heavy atom. The van der Waals surface area contributed by atoms with E-state index in [0.717, 1.165) is 11.3 Å². The lowest BCUT2D eigenvalue weighted by molar-refractivity contribution is 0.599. The van der Waals surface area contributed by atoms with Gasteiger partial charge in [-0.3, -0.25) is 0 Å². The third-order valence-electron chi connectivity index (χ3n) is 2.03. The van der Waals surface area contributed by atoms with Crippen LogP contribution in [0.25, 0.3) is 6.08 Å². The lowest BCUT2D eigenvalue weighted by Gasteiger charge is -2.10. The maximum Gasteiger partial charge on any atom is 0.0494 e. The molecule has 0 spiro atoms. The van der Waals surface area contributed by atoms with Crippen LogP contribution >= 0.6 is 0 Å². The van der Waals surface area contributed by atoms with E-state index in [1.165, 1.54) is 6.21 Å². The van der Waals surface area contributed by atoms with Crippen LogP contribution in [-0.4, -0.2) is 10.8 Å². The van der Waals surface area contributed by atoms with E-state index in [4.69, 9.17) is 5.41 Å². The van der Waals surface area contributed by atoms with Gasteiger partial charge in [-0.15, -0.1) is 0 Å². The molecule has 0 unspecified atom stereocenters. The summed E-state index contributed by atoms with van der Waals surface area (Å²) >= 11 is 0. The van der Waals surface area contributed by atoms with E-state index in [1.807, 2.05) is 31.3 Å². The van der Waals surface area contributed by atoms with Gasteiger partial charge < -0.3 is 9.98 Å². The molecule has 70 valence electrons. The van der Waals surface area contributed by atoms with Crippen LogP contribution in [0.15, 0.2) is 18.3 Å². The van der Waals surface area contributed by atoms with Crippen molar-refractivity contribution in [3.63, 3.8) is 0 Å². The number of allylic oxidation sites excluding steroid dienone is 1. The van der Waals surface area contributed by atoms with E-state index >= 15 is 0 Å². The predicted octanol–water partition coefficient (Wildman–Crippen LogP) is 3.10. The van der Waals surface area contributed by atoms with Gasteiger partial charge in [0.05, 0.1) is 0 Å². The molecule has 0 aliphatic carbocycles. The van der Waals surface area contributed by atoms with Crippen molar-refractivity contribution < 1.29 is 0 Å². The average molecular weight is 176 g/mol. The first-order chi connectivity index (χ1) is 6.20. The summed E-state index contributed by atoms with van der Waals surface area (Å²) in [7, 11) is 0. The van der Waals surface area contributed by atoms with Gasteiger partial charge in [0.2, 0.25) is 0 Å². The minimum Gasteiger partial charge on any atom is -0.345 e. The van der Waals surface area contributed by atoms with E-state index < -0.39 is 0 Å². The van der Waals surface area contributed by atoms with Crippen molar-refractivity contribution in [3.8, 4) is 0 Å². The summed E-state index contributed by atoms with van der Waals surface area (Å²) < 4.78 is 2.17. The quantitative estimate of drug-likeness (QED) is 0.686. The zero-order chi connectivity index (χ0) is 9.84. The van der Waals surface area contributed by atoms with Crippen LogP contribution in [0, 0.1) is 5.41 Å². The maximum atomic E-state index is 7.25. The van der Waals surface area contributed by atoms with Crippen LogP contribution in [0.4, 0.5) is 0 Å². The number of rotatable bonds is 3. The Hall–Kier alpha value is -1.31. The van der Waals surface area contributed by atoms with Crippen molar-refractivity contribution >= 4 is 12.3 Å². The molecule has 0 aromatic carbocycles. The number of nitrogens with one attached hydrogen (secondary N) is 1. The monoisotopic (exact) mass is 176 g/mol. The van der Waals surface area contributed by atoms with Crippen LogP contribution in [0.2, 0.25) is 0 Å². The van der Waals surface area contributed by atoms with Crippen LogP contribution in [0.3, 0.4) is 0 Å². The van der Waals surface area contributed by atoms with Crippen molar-refractivity contribution in [1.29, 1.82) is 5.41 Å². The highest BCUT2D eigenvalue weighted by Crippen LogP contribution is 2.16. The fourth-order valence-corrected chi connectivity index (χ4v) is 1.39. The van der Waals surface area contributed by atoms with Gasteiger partial charge in [0.1, 0.15) is 0 Å². The summed E-state index contributed by atoms with van der Waals surface area (Å²) in [6.07, 6.45) is 7.47. The standard InChI is InChI=1S/C11H16N2/c1-4-5-11-10(8-12)6-7-13(11)9(2)3/h4-9,12H,1-3H3/b5-4-,12-8?. The first kappa shape index (κ1) is 9.78. The fraction of sp³-hybridized carbons (Fsp3) is 0.364. The van der Waals surface area contributed by atoms with Crippen molar-refractivity contribution in [3.05, 3.63) is 29.6 Å². The van der Waals surface area contributed by atoms with Crippen molar-refractivity contribution in [2.24, 2.45) is 0 Å². The van der Waals surface area contributed by atoms with Gasteiger partial charge in [-0.2, -0.15) is 0 Å². The normalized spacial score (nSPS) is 11.4. The molecule has 1 N–H and O–H groups in total. The number of hydrogen-bond acceptors (Lipinski definition) is 1. The molecule has 2 heteroatoms. The summed E-state index contributed by atoms with van der Waals surface area (Å²) in [6.45, 7) is 6.27. The van der Waals surface area contributed by atoms with Crippen LogP contribution in [0.5, 0.6) is 0 Å². The SMILES string of the molecule is C/C=C\c1c(C=N)ccn1C(C)C. The molecule has 0 aliphatic rings.